The maximum atomic E-state index is 3.98. The second-order valence-electron chi connectivity index (χ2n) is 1.28. The van der Waals surface area contributed by atoms with E-state index in [2.05, 4.69) is 15.3 Å². The van der Waals surface area contributed by atoms with Gasteiger partial charge in [-0.3, -0.25) is 0 Å². The molecule has 1 aliphatic rings. The van der Waals surface area contributed by atoms with Crippen molar-refractivity contribution in [3.63, 3.8) is 0 Å². The van der Waals surface area contributed by atoms with Gasteiger partial charge in [-0.05, 0) is 6.26 Å². The van der Waals surface area contributed by atoms with Crippen LogP contribution in [0.25, 0.3) is 0 Å². The molecule has 0 saturated heterocycles. The summed E-state index contributed by atoms with van der Waals surface area (Å²) in [6.07, 6.45) is 5.27. The molecule has 4 heteroatoms. The summed E-state index contributed by atoms with van der Waals surface area (Å²) in [7, 11) is 0. The van der Waals surface area contributed by atoms with Crippen molar-refractivity contribution in [2.24, 2.45) is 9.98 Å². The minimum absolute atomic E-state index is 0.0799. The van der Waals surface area contributed by atoms with E-state index in [1.54, 1.807) is 24.4 Å². The van der Waals surface area contributed by atoms with E-state index in [0.717, 1.165) is 0 Å². The van der Waals surface area contributed by atoms with Gasteiger partial charge in [0.2, 0.25) is 0 Å². The van der Waals surface area contributed by atoms with Crippen LogP contribution in [-0.2, 0) is 0 Å². The zero-order chi connectivity index (χ0) is 5.82. The molecule has 1 rings (SSSR count). The third-order valence-corrected chi connectivity index (χ3v) is 1.43. The number of nitrogens with one attached hydrogen (secondary N) is 1. The van der Waals surface area contributed by atoms with E-state index in [1.165, 1.54) is 0 Å². The fraction of sp³-hybridized carbons (Fsp3) is 0.500. The molecule has 0 radical (unpaired) electrons. The Hall–Kier alpha value is -0.510. The SMILES string of the molecule is CSC1N=CNC=N1. The summed E-state index contributed by atoms with van der Waals surface area (Å²) in [6, 6.07) is 0. The van der Waals surface area contributed by atoms with Gasteiger partial charge in [0.05, 0.1) is 12.7 Å². The molecule has 1 aliphatic heterocycles. The lowest BCUT2D eigenvalue weighted by molar-refractivity contribution is 0.968. The predicted octanol–water partition coefficient (Wildman–Crippen LogP) is 0.293. The van der Waals surface area contributed by atoms with Crippen LogP contribution in [-0.4, -0.2) is 24.4 Å². The van der Waals surface area contributed by atoms with Gasteiger partial charge >= 0.3 is 0 Å². The molecule has 0 unspecified atom stereocenters. The molecule has 44 valence electrons. The molecule has 0 atom stereocenters. The summed E-state index contributed by atoms with van der Waals surface area (Å²) in [5.74, 6) is 0. The minimum atomic E-state index is 0.0799. The molecule has 0 aliphatic carbocycles. The van der Waals surface area contributed by atoms with Gasteiger partial charge < -0.3 is 5.32 Å². The highest BCUT2D eigenvalue weighted by Gasteiger charge is 1.98. The second kappa shape index (κ2) is 2.71. The Morgan fingerprint density at radius 2 is 2.12 bits per heavy atom. The maximum Gasteiger partial charge on any atom is 0.189 e. The number of rotatable bonds is 1. The third-order valence-electron chi connectivity index (χ3n) is 0.764. The van der Waals surface area contributed by atoms with Crippen molar-refractivity contribution >= 4 is 24.4 Å². The van der Waals surface area contributed by atoms with Crippen molar-refractivity contribution < 1.29 is 0 Å². The van der Waals surface area contributed by atoms with Crippen molar-refractivity contribution in [1.82, 2.24) is 5.32 Å². The quantitative estimate of drug-likeness (QED) is 0.552. The number of hydrogen-bond donors (Lipinski definition) is 1. The number of nitrogens with zero attached hydrogens (tertiary/aromatic N) is 2. The van der Waals surface area contributed by atoms with Crippen LogP contribution in [0.4, 0.5) is 0 Å². The molecule has 0 aromatic carbocycles. The fourth-order valence-corrected chi connectivity index (χ4v) is 0.772. The van der Waals surface area contributed by atoms with Crippen molar-refractivity contribution in [3.05, 3.63) is 0 Å². The molecule has 0 amide bonds. The highest BCUT2D eigenvalue weighted by molar-refractivity contribution is 7.99. The molecule has 0 bridgehead atoms. The van der Waals surface area contributed by atoms with E-state index >= 15 is 0 Å². The first-order valence-electron chi connectivity index (χ1n) is 2.25. The van der Waals surface area contributed by atoms with Crippen LogP contribution in [0.3, 0.4) is 0 Å². The van der Waals surface area contributed by atoms with Gasteiger partial charge in [0.25, 0.3) is 0 Å². The molecule has 0 spiro atoms. The molecular formula is C4H7N3S. The first-order valence-corrected chi connectivity index (χ1v) is 3.54. The second-order valence-corrected chi connectivity index (χ2v) is 2.18. The molecule has 0 aromatic heterocycles. The maximum absolute atomic E-state index is 3.98. The summed E-state index contributed by atoms with van der Waals surface area (Å²) in [6.45, 7) is 0. The molecule has 8 heavy (non-hydrogen) atoms. The van der Waals surface area contributed by atoms with Crippen LogP contribution in [0.2, 0.25) is 0 Å². The molecule has 1 N–H and O–H groups in total. The fourth-order valence-electron chi connectivity index (χ4n) is 0.407. The zero-order valence-electron chi connectivity index (χ0n) is 4.53. The Morgan fingerprint density at radius 3 is 2.50 bits per heavy atom. The standard InChI is InChI=1S/C4H7N3S/c1-8-4-6-2-5-3-7-4/h2-4H,1H3,(H,5,6,7). The van der Waals surface area contributed by atoms with E-state index in [1.807, 2.05) is 6.26 Å². The molecule has 1 heterocycles. The monoisotopic (exact) mass is 129 g/mol. The Labute approximate surface area is 52.3 Å². The Morgan fingerprint density at radius 1 is 1.50 bits per heavy atom. The third kappa shape index (κ3) is 1.23. The molecule has 3 nitrogen and oxygen atoms in total. The van der Waals surface area contributed by atoms with E-state index in [0.29, 0.717) is 0 Å². The van der Waals surface area contributed by atoms with Crippen LogP contribution in [0.1, 0.15) is 0 Å². The van der Waals surface area contributed by atoms with Crippen LogP contribution >= 0.6 is 11.8 Å². The average Bonchev–Trinajstić information content (AvgIpc) is 1.90. The van der Waals surface area contributed by atoms with Crippen molar-refractivity contribution in [3.8, 4) is 0 Å². The van der Waals surface area contributed by atoms with Crippen LogP contribution in [0.5, 0.6) is 0 Å². The lowest BCUT2D eigenvalue weighted by Crippen LogP contribution is -2.15. The molecule has 0 saturated carbocycles. The normalized spacial score (nSPS) is 18.6. The van der Waals surface area contributed by atoms with Gasteiger partial charge in [-0.1, -0.05) is 0 Å². The molecule has 0 fully saturated rings. The van der Waals surface area contributed by atoms with E-state index in [-0.39, 0.29) is 5.50 Å². The molecular weight excluding hydrogens is 122 g/mol. The summed E-state index contributed by atoms with van der Waals surface area (Å²) < 4.78 is 0. The van der Waals surface area contributed by atoms with Gasteiger partial charge in [-0.15, -0.1) is 11.8 Å². The van der Waals surface area contributed by atoms with E-state index in [4.69, 9.17) is 0 Å². The Balaban J connectivity index is 2.42. The van der Waals surface area contributed by atoms with Crippen molar-refractivity contribution in [2.45, 2.75) is 5.50 Å². The summed E-state index contributed by atoms with van der Waals surface area (Å²) in [5, 5.41) is 2.75. The topological polar surface area (TPSA) is 36.8 Å². The van der Waals surface area contributed by atoms with Crippen molar-refractivity contribution in [1.29, 1.82) is 0 Å². The average molecular weight is 129 g/mol. The van der Waals surface area contributed by atoms with Gasteiger partial charge in [0.1, 0.15) is 0 Å². The number of thioether (sulfide) groups is 1. The summed E-state index contributed by atoms with van der Waals surface area (Å²) >= 11 is 1.61. The highest BCUT2D eigenvalue weighted by atomic mass is 32.2. The first-order chi connectivity index (χ1) is 3.93. The predicted molar refractivity (Wildman–Crippen MR) is 37.4 cm³/mol. The largest absolute Gasteiger partial charge is 0.338 e. The van der Waals surface area contributed by atoms with Crippen LogP contribution in [0.15, 0.2) is 9.98 Å². The lowest BCUT2D eigenvalue weighted by atomic mass is 10.9. The lowest BCUT2D eigenvalue weighted by Gasteiger charge is -2.05. The highest BCUT2D eigenvalue weighted by Crippen LogP contribution is 2.08. The Bertz CT molecular complexity index is 108. The Kier molecular flexibility index (Phi) is 1.91. The molecule has 0 aromatic rings. The van der Waals surface area contributed by atoms with Crippen molar-refractivity contribution in [2.75, 3.05) is 6.26 Å². The van der Waals surface area contributed by atoms with Gasteiger partial charge in [-0.25, -0.2) is 9.98 Å². The van der Waals surface area contributed by atoms with Gasteiger partial charge in [-0.2, -0.15) is 0 Å². The smallest absolute Gasteiger partial charge is 0.189 e. The van der Waals surface area contributed by atoms with Gasteiger partial charge in [0, 0.05) is 0 Å². The van der Waals surface area contributed by atoms with E-state index in [9.17, 15) is 0 Å². The first kappa shape index (κ1) is 5.62. The summed E-state index contributed by atoms with van der Waals surface area (Å²) in [5.41, 5.74) is 0.0799. The van der Waals surface area contributed by atoms with Crippen LogP contribution < -0.4 is 5.32 Å². The number of hydrogen-bond acceptors (Lipinski definition) is 4. The zero-order valence-corrected chi connectivity index (χ0v) is 5.35. The van der Waals surface area contributed by atoms with E-state index < -0.39 is 0 Å². The van der Waals surface area contributed by atoms with Crippen LogP contribution in [0, 0.1) is 0 Å². The minimum Gasteiger partial charge on any atom is -0.338 e. The number of aliphatic imine (C=N–C) groups is 2. The van der Waals surface area contributed by atoms with Gasteiger partial charge in [0.15, 0.2) is 5.50 Å². The summed E-state index contributed by atoms with van der Waals surface area (Å²) in [4.78, 5) is 7.95.